The maximum Gasteiger partial charge on any atom is 0.0462 e. The van der Waals surface area contributed by atoms with Crippen LogP contribution in [0.2, 0.25) is 0 Å². The van der Waals surface area contributed by atoms with Gasteiger partial charge in [0.15, 0.2) is 0 Å². The number of methoxy groups -OCH3 is 1. The summed E-state index contributed by atoms with van der Waals surface area (Å²) in [6.45, 7) is 8.79. The van der Waals surface area contributed by atoms with Crippen molar-refractivity contribution in [2.24, 2.45) is 0 Å². The molecule has 2 nitrogen and oxygen atoms in total. The van der Waals surface area contributed by atoms with E-state index in [0.717, 1.165) is 19.7 Å². The lowest BCUT2D eigenvalue weighted by molar-refractivity contribution is 0.192. The van der Waals surface area contributed by atoms with E-state index in [-0.39, 0.29) is 0 Å². The zero-order valence-corrected chi connectivity index (χ0v) is 8.36. The van der Waals surface area contributed by atoms with Crippen LogP contribution in [0.15, 0.2) is 12.2 Å². The van der Waals surface area contributed by atoms with Gasteiger partial charge in [0, 0.05) is 20.3 Å². The lowest BCUT2D eigenvalue weighted by atomic mass is 10.2. The van der Waals surface area contributed by atoms with Crippen molar-refractivity contribution in [2.75, 3.05) is 26.8 Å². The summed E-state index contributed by atoms with van der Waals surface area (Å²) >= 11 is 0. The van der Waals surface area contributed by atoms with E-state index >= 15 is 0 Å². The van der Waals surface area contributed by atoms with Crippen LogP contribution in [0.1, 0.15) is 26.2 Å². The molecule has 0 heterocycles. The normalized spacial score (nSPS) is 10.2. The summed E-state index contributed by atoms with van der Waals surface area (Å²) in [6.07, 6.45) is 3.65. The molecule has 0 aliphatic carbocycles. The molecule has 1 N–H and O–H groups in total. The van der Waals surface area contributed by atoms with E-state index in [4.69, 9.17) is 4.74 Å². The molecule has 0 unspecified atom stereocenters. The van der Waals surface area contributed by atoms with E-state index in [1.807, 2.05) is 6.92 Å². The van der Waals surface area contributed by atoms with Gasteiger partial charge in [-0.15, -0.1) is 0 Å². The molecule has 0 aliphatic heterocycles. The smallest absolute Gasteiger partial charge is 0.0462 e. The van der Waals surface area contributed by atoms with Gasteiger partial charge in [-0.05, 0) is 32.7 Å². The van der Waals surface area contributed by atoms with Gasteiger partial charge in [-0.1, -0.05) is 12.2 Å². The fourth-order valence-electron chi connectivity index (χ4n) is 0.975. The molecule has 0 rings (SSSR count). The fourth-order valence-corrected chi connectivity index (χ4v) is 0.975. The second-order valence-electron chi connectivity index (χ2n) is 3.19. The second kappa shape index (κ2) is 8.75. The third-order valence-corrected chi connectivity index (χ3v) is 1.63. The average Bonchev–Trinajstić information content (AvgIpc) is 2.02. The Morgan fingerprint density at radius 1 is 1.33 bits per heavy atom. The van der Waals surface area contributed by atoms with Crippen LogP contribution in [0.4, 0.5) is 0 Å². The Morgan fingerprint density at radius 2 is 2.08 bits per heavy atom. The zero-order valence-electron chi connectivity index (χ0n) is 8.36. The van der Waals surface area contributed by atoms with Crippen molar-refractivity contribution in [3.63, 3.8) is 0 Å². The van der Waals surface area contributed by atoms with E-state index in [1.54, 1.807) is 7.11 Å². The molecule has 0 bridgehead atoms. The average molecular weight is 171 g/mol. The third-order valence-electron chi connectivity index (χ3n) is 1.63. The third kappa shape index (κ3) is 9.66. The van der Waals surface area contributed by atoms with E-state index in [9.17, 15) is 0 Å². The monoisotopic (exact) mass is 171 g/mol. The van der Waals surface area contributed by atoms with Crippen molar-refractivity contribution in [2.45, 2.75) is 26.2 Å². The molecule has 0 fully saturated rings. The van der Waals surface area contributed by atoms with Gasteiger partial charge in [0.1, 0.15) is 0 Å². The van der Waals surface area contributed by atoms with Crippen molar-refractivity contribution in [3.05, 3.63) is 12.2 Å². The minimum Gasteiger partial charge on any atom is -0.385 e. The maximum absolute atomic E-state index is 4.95. The van der Waals surface area contributed by atoms with Crippen LogP contribution >= 0.6 is 0 Å². The molecule has 0 saturated heterocycles. The van der Waals surface area contributed by atoms with Crippen LogP contribution < -0.4 is 5.32 Å². The highest BCUT2D eigenvalue weighted by Crippen LogP contribution is 1.93. The zero-order chi connectivity index (χ0) is 9.23. The highest BCUT2D eigenvalue weighted by molar-refractivity contribution is 4.90. The first-order valence-electron chi connectivity index (χ1n) is 4.61. The molecule has 0 aliphatic rings. The molecule has 0 saturated carbocycles. The molecule has 0 aromatic carbocycles. The van der Waals surface area contributed by atoms with Crippen LogP contribution in [0.5, 0.6) is 0 Å². The van der Waals surface area contributed by atoms with Gasteiger partial charge >= 0.3 is 0 Å². The number of unbranched alkanes of at least 4 members (excludes halogenated alkanes) is 2. The minimum absolute atomic E-state index is 0.889. The van der Waals surface area contributed by atoms with Gasteiger partial charge in [-0.3, -0.25) is 0 Å². The predicted molar refractivity (Wildman–Crippen MR) is 53.4 cm³/mol. The lowest BCUT2D eigenvalue weighted by Gasteiger charge is -2.03. The molecule has 0 radical (unpaired) electrons. The van der Waals surface area contributed by atoms with Crippen LogP contribution in [0.25, 0.3) is 0 Å². The fraction of sp³-hybridized carbons (Fsp3) is 0.800. The quantitative estimate of drug-likeness (QED) is 0.445. The highest BCUT2D eigenvalue weighted by atomic mass is 16.5. The molecule has 2 heteroatoms. The van der Waals surface area contributed by atoms with Crippen molar-refractivity contribution in [3.8, 4) is 0 Å². The van der Waals surface area contributed by atoms with Crippen molar-refractivity contribution in [1.82, 2.24) is 5.32 Å². The van der Waals surface area contributed by atoms with Crippen molar-refractivity contribution in [1.29, 1.82) is 0 Å². The Hall–Kier alpha value is -0.340. The summed E-state index contributed by atoms with van der Waals surface area (Å²) in [5.74, 6) is 0. The summed E-state index contributed by atoms with van der Waals surface area (Å²) in [7, 11) is 1.75. The Morgan fingerprint density at radius 3 is 2.67 bits per heavy atom. The topological polar surface area (TPSA) is 21.3 Å². The first kappa shape index (κ1) is 11.7. The second-order valence-corrected chi connectivity index (χ2v) is 3.19. The standard InChI is InChI=1S/C10H21NO/c1-10(2)9-11-7-5-4-6-8-12-3/h11H,1,4-9H2,2-3H3. The Labute approximate surface area is 76.0 Å². The van der Waals surface area contributed by atoms with E-state index in [2.05, 4.69) is 11.9 Å². The molecule has 0 aromatic heterocycles. The number of nitrogens with one attached hydrogen (secondary N) is 1. The van der Waals surface area contributed by atoms with Gasteiger partial charge in [0.2, 0.25) is 0 Å². The number of hydrogen-bond donors (Lipinski definition) is 1. The summed E-state index contributed by atoms with van der Waals surface area (Å²) in [5.41, 5.74) is 1.20. The van der Waals surface area contributed by atoms with Crippen molar-refractivity contribution >= 4 is 0 Å². The predicted octanol–water partition coefficient (Wildman–Crippen LogP) is 1.97. The van der Waals surface area contributed by atoms with Gasteiger partial charge in [0.05, 0.1) is 0 Å². The first-order chi connectivity index (χ1) is 5.77. The first-order valence-corrected chi connectivity index (χ1v) is 4.61. The summed E-state index contributed by atoms with van der Waals surface area (Å²) < 4.78 is 4.95. The molecule has 12 heavy (non-hydrogen) atoms. The summed E-state index contributed by atoms with van der Waals surface area (Å²) in [6, 6.07) is 0. The van der Waals surface area contributed by atoms with Crippen LogP contribution in [-0.2, 0) is 4.74 Å². The summed E-state index contributed by atoms with van der Waals surface area (Å²) in [4.78, 5) is 0. The minimum atomic E-state index is 0.889. The summed E-state index contributed by atoms with van der Waals surface area (Å²) in [5, 5.41) is 3.32. The molecular weight excluding hydrogens is 150 g/mol. The maximum atomic E-state index is 4.95. The van der Waals surface area contributed by atoms with Crippen LogP contribution in [0.3, 0.4) is 0 Å². The van der Waals surface area contributed by atoms with E-state index in [0.29, 0.717) is 0 Å². The lowest BCUT2D eigenvalue weighted by Crippen LogP contribution is -2.17. The Kier molecular flexibility index (Phi) is 8.51. The number of ether oxygens (including phenoxy) is 1. The van der Waals surface area contributed by atoms with Crippen molar-refractivity contribution < 1.29 is 4.74 Å². The molecule has 0 amide bonds. The Bertz CT molecular complexity index is 112. The Balaban J connectivity index is 2.86. The number of hydrogen-bond acceptors (Lipinski definition) is 2. The van der Waals surface area contributed by atoms with E-state index in [1.165, 1.54) is 24.8 Å². The van der Waals surface area contributed by atoms with Gasteiger partial charge in [-0.2, -0.15) is 0 Å². The molecule has 0 aromatic rings. The highest BCUT2D eigenvalue weighted by Gasteiger charge is 1.89. The largest absolute Gasteiger partial charge is 0.385 e. The van der Waals surface area contributed by atoms with E-state index < -0.39 is 0 Å². The van der Waals surface area contributed by atoms with Gasteiger partial charge in [-0.25, -0.2) is 0 Å². The molecule has 0 spiro atoms. The SMILES string of the molecule is C=C(C)CNCCCCCOC. The molecular formula is C10H21NO. The van der Waals surface area contributed by atoms with Gasteiger partial charge in [0.25, 0.3) is 0 Å². The van der Waals surface area contributed by atoms with Crippen LogP contribution in [0, 0.1) is 0 Å². The van der Waals surface area contributed by atoms with Gasteiger partial charge < -0.3 is 10.1 Å². The number of rotatable bonds is 8. The molecule has 72 valence electrons. The molecule has 0 atom stereocenters. The van der Waals surface area contributed by atoms with Crippen LogP contribution in [-0.4, -0.2) is 26.8 Å².